The molecule has 0 bridgehead atoms. The first-order valence-electron chi connectivity index (χ1n) is 10.00. The van der Waals surface area contributed by atoms with Crippen molar-refractivity contribution in [2.45, 2.75) is 19.9 Å². The van der Waals surface area contributed by atoms with Gasteiger partial charge in [0.05, 0.1) is 0 Å². The lowest BCUT2D eigenvalue weighted by Crippen LogP contribution is -2.35. The smallest absolute Gasteiger partial charge is 0.259 e. The minimum absolute atomic E-state index is 0.152. The number of aryl methyl sites for hydroxylation is 1. The molecule has 2 aromatic carbocycles. The summed E-state index contributed by atoms with van der Waals surface area (Å²) in [5.41, 5.74) is 2.12. The second kappa shape index (κ2) is 8.75. The topological polar surface area (TPSA) is 49.6 Å². The van der Waals surface area contributed by atoms with Crippen molar-refractivity contribution < 1.29 is 18.1 Å². The van der Waals surface area contributed by atoms with Gasteiger partial charge in [0.15, 0.2) is 0 Å². The first-order chi connectivity index (χ1) is 14.5. The highest BCUT2D eigenvalue weighted by Crippen LogP contribution is 2.27. The van der Waals surface area contributed by atoms with Crippen LogP contribution in [0, 0.1) is 18.6 Å². The zero-order chi connectivity index (χ0) is 21.1. The summed E-state index contributed by atoms with van der Waals surface area (Å²) in [4.78, 5) is 17.2. The molecule has 0 spiro atoms. The van der Waals surface area contributed by atoms with Crippen LogP contribution in [0.5, 0.6) is 0 Å². The number of rotatable bonds is 4. The number of carbonyl (C=O) groups is 1. The highest BCUT2D eigenvalue weighted by atomic mass is 19.1. The summed E-state index contributed by atoms with van der Waals surface area (Å²) < 4.78 is 32.5. The molecule has 0 radical (unpaired) electrons. The van der Waals surface area contributed by atoms with Gasteiger partial charge in [-0.05, 0) is 43.7 Å². The Morgan fingerprint density at radius 2 is 1.80 bits per heavy atom. The van der Waals surface area contributed by atoms with E-state index in [1.807, 2.05) is 6.07 Å². The Kier molecular flexibility index (Phi) is 5.90. The van der Waals surface area contributed by atoms with E-state index in [1.165, 1.54) is 18.2 Å². The zero-order valence-corrected chi connectivity index (χ0v) is 16.8. The second-order valence-corrected chi connectivity index (χ2v) is 7.48. The average molecular weight is 411 g/mol. The van der Waals surface area contributed by atoms with Crippen LogP contribution in [0.25, 0.3) is 11.3 Å². The third-order valence-corrected chi connectivity index (χ3v) is 5.42. The molecule has 1 aromatic heterocycles. The summed E-state index contributed by atoms with van der Waals surface area (Å²) in [5, 5.41) is 4.04. The van der Waals surface area contributed by atoms with Crippen molar-refractivity contribution in [3.63, 3.8) is 0 Å². The van der Waals surface area contributed by atoms with Gasteiger partial charge in [0, 0.05) is 43.9 Å². The molecule has 30 heavy (non-hydrogen) atoms. The fourth-order valence-electron chi connectivity index (χ4n) is 3.79. The maximum absolute atomic E-state index is 14.0. The van der Waals surface area contributed by atoms with Crippen molar-refractivity contribution in [3.8, 4) is 11.3 Å². The van der Waals surface area contributed by atoms with Crippen LogP contribution in [0.2, 0.25) is 0 Å². The minimum Gasteiger partial charge on any atom is -0.360 e. The molecular weight excluding hydrogens is 388 g/mol. The molecule has 5 nitrogen and oxygen atoms in total. The van der Waals surface area contributed by atoms with Gasteiger partial charge < -0.3 is 9.42 Å². The van der Waals surface area contributed by atoms with Crippen LogP contribution in [0.1, 0.15) is 28.1 Å². The molecule has 1 amide bonds. The van der Waals surface area contributed by atoms with E-state index in [1.54, 1.807) is 36.1 Å². The highest BCUT2D eigenvalue weighted by Gasteiger charge is 2.27. The molecule has 3 aromatic rings. The van der Waals surface area contributed by atoms with Gasteiger partial charge in [-0.3, -0.25) is 9.69 Å². The van der Waals surface area contributed by atoms with Crippen LogP contribution in [0.15, 0.2) is 53.1 Å². The quantitative estimate of drug-likeness (QED) is 0.643. The van der Waals surface area contributed by atoms with Gasteiger partial charge in [0.1, 0.15) is 28.7 Å². The lowest BCUT2D eigenvalue weighted by molar-refractivity contribution is 0.0760. The van der Waals surface area contributed by atoms with Gasteiger partial charge in [0.25, 0.3) is 5.91 Å². The second-order valence-electron chi connectivity index (χ2n) is 7.48. The van der Waals surface area contributed by atoms with Crippen LogP contribution in [-0.2, 0) is 6.54 Å². The highest BCUT2D eigenvalue weighted by molar-refractivity contribution is 6.00. The van der Waals surface area contributed by atoms with Crippen LogP contribution >= 0.6 is 0 Å². The Morgan fingerprint density at radius 3 is 2.57 bits per heavy atom. The number of nitrogens with zero attached hydrogens (tertiary/aromatic N) is 3. The molecule has 4 rings (SSSR count). The van der Waals surface area contributed by atoms with E-state index in [0.717, 1.165) is 13.0 Å². The molecule has 1 aliphatic heterocycles. The van der Waals surface area contributed by atoms with E-state index in [0.29, 0.717) is 54.3 Å². The molecule has 0 unspecified atom stereocenters. The average Bonchev–Trinajstić information content (AvgIpc) is 2.97. The fraction of sp³-hybridized carbons (Fsp3) is 0.304. The fourth-order valence-corrected chi connectivity index (χ4v) is 3.79. The van der Waals surface area contributed by atoms with Gasteiger partial charge in [-0.25, -0.2) is 8.78 Å². The molecule has 1 fully saturated rings. The summed E-state index contributed by atoms with van der Waals surface area (Å²) in [6.07, 6.45) is 0.788. The van der Waals surface area contributed by atoms with E-state index in [9.17, 15) is 13.6 Å². The molecule has 7 heteroatoms. The normalized spacial score (nSPS) is 15.2. The number of carbonyl (C=O) groups excluding carboxylic acids is 1. The van der Waals surface area contributed by atoms with Crippen molar-refractivity contribution >= 4 is 5.91 Å². The van der Waals surface area contributed by atoms with Gasteiger partial charge in [-0.15, -0.1) is 0 Å². The molecular formula is C23H23F2N3O2. The third-order valence-electron chi connectivity index (χ3n) is 5.42. The lowest BCUT2D eigenvalue weighted by atomic mass is 10.0. The van der Waals surface area contributed by atoms with Crippen molar-refractivity contribution in [2.24, 2.45) is 0 Å². The standard InChI is InChI=1S/C23H23F2N3O2/c1-16-21(22(26-30-16)17-7-9-19(24)10-8-17)23(29)28-12-4-11-27(13-14-28)15-18-5-2-3-6-20(18)25/h2-3,5-10H,4,11-15H2,1H3. The van der Waals surface area contributed by atoms with Gasteiger partial charge in [-0.1, -0.05) is 23.4 Å². The molecule has 0 N–H and O–H groups in total. The van der Waals surface area contributed by atoms with Crippen molar-refractivity contribution in [2.75, 3.05) is 26.2 Å². The predicted molar refractivity (Wildman–Crippen MR) is 109 cm³/mol. The van der Waals surface area contributed by atoms with E-state index < -0.39 is 0 Å². The Hall–Kier alpha value is -3.06. The number of hydrogen-bond acceptors (Lipinski definition) is 4. The first-order valence-corrected chi connectivity index (χ1v) is 10.00. The number of aromatic nitrogens is 1. The van der Waals surface area contributed by atoms with Gasteiger partial charge in [-0.2, -0.15) is 0 Å². The summed E-state index contributed by atoms with van der Waals surface area (Å²) >= 11 is 0. The number of benzene rings is 2. The SMILES string of the molecule is Cc1onc(-c2ccc(F)cc2)c1C(=O)N1CCCN(Cc2ccccc2F)CC1. The van der Waals surface area contributed by atoms with Crippen LogP contribution in [0.3, 0.4) is 0 Å². The largest absolute Gasteiger partial charge is 0.360 e. The van der Waals surface area contributed by atoms with Gasteiger partial charge in [0.2, 0.25) is 0 Å². The van der Waals surface area contributed by atoms with E-state index in [4.69, 9.17) is 4.52 Å². The minimum atomic E-state index is -0.352. The van der Waals surface area contributed by atoms with Gasteiger partial charge >= 0.3 is 0 Å². The van der Waals surface area contributed by atoms with Crippen molar-refractivity contribution in [1.82, 2.24) is 15.0 Å². The Balaban J connectivity index is 1.49. The zero-order valence-electron chi connectivity index (χ0n) is 16.8. The Morgan fingerprint density at radius 1 is 1.03 bits per heavy atom. The number of halogens is 2. The molecule has 0 aliphatic carbocycles. The molecule has 0 atom stereocenters. The Bertz CT molecular complexity index is 1030. The molecule has 1 aliphatic rings. The predicted octanol–water partition coefficient (Wildman–Crippen LogP) is 4.28. The van der Waals surface area contributed by atoms with E-state index in [2.05, 4.69) is 10.1 Å². The molecule has 156 valence electrons. The molecule has 0 saturated carbocycles. The Labute approximate surface area is 173 Å². The monoisotopic (exact) mass is 411 g/mol. The molecule has 1 saturated heterocycles. The number of hydrogen-bond donors (Lipinski definition) is 0. The lowest BCUT2D eigenvalue weighted by Gasteiger charge is -2.22. The van der Waals surface area contributed by atoms with E-state index in [-0.39, 0.29) is 17.5 Å². The summed E-state index contributed by atoms with van der Waals surface area (Å²) in [6.45, 7) is 4.78. The van der Waals surface area contributed by atoms with E-state index >= 15 is 0 Å². The van der Waals surface area contributed by atoms with Crippen molar-refractivity contribution in [3.05, 3.63) is 77.1 Å². The number of amides is 1. The van der Waals surface area contributed by atoms with Crippen molar-refractivity contribution in [1.29, 1.82) is 0 Å². The van der Waals surface area contributed by atoms with Crippen LogP contribution in [-0.4, -0.2) is 47.0 Å². The first kappa shape index (κ1) is 20.2. The maximum atomic E-state index is 14.0. The summed E-state index contributed by atoms with van der Waals surface area (Å²) in [6, 6.07) is 12.6. The van der Waals surface area contributed by atoms with Crippen LogP contribution in [0.4, 0.5) is 8.78 Å². The third kappa shape index (κ3) is 4.26. The van der Waals surface area contributed by atoms with Crippen LogP contribution < -0.4 is 0 Å². The summed E-state index contributed by atoms with van der Waals surface area (Å²) in [7, 11) is 0. The maximum Gasteiger partial charge on any atom is 0.259 e. The molecule has 2 heterocycles. The summed E-state index contributed by atoms with van der Waals surface area (Å²) in [5.74, 6) is -0.277.